The van der Waals surface area contributed by atoms with Crippen LogP contribution in [0.4, 0.5) is 10.1 Å². The highest BCUT2D eigenvalue weighted by Crippen LogP contribution is 2.26. The van der Waals surface area contributed by atoms with Gasteiger partial charge in [-0.05, 0) is 30.4 Å². The zero-order valence-electron chi connectivity index (χ0n) is 15.1. The van der Waals surface area contributed by atoms with Crippen molar-refractivity contribution in [3.05, 3.63) is 48.0 Å². The van der Waals surface area contributed by atoms with Gasteiger partial charge >= 0.3 is 0 Å². The Balaban J connectivity index is 1.37. The van der Waals surface area contributed by atoms with Gasteiger partial charge in [-0.2, -0.15) is 5.10 Å². The van der Waals surface area contributed by atoms with E-state index in [-0.39, 0.29) is 11.5 Å². The third-order valence-corrected chi connectivity index (χ3v) is 5.11. The van der Waals surface area contributed by atoms with Crippen LogP contribution in [-0.2, 0) is 0 Å². The fourth-order valence-electron chi connectivity index (χ4n) is 3.29. The lowest BCUT2D eigenvalue weighted by molar-refractivity contribution is 0.300. The Morgan fingerprint density at radius 3 is 2.86 bits per heavy atom. The van der Waals surface area contributed by atoms with E-state index in [9.17, 15) is 9.50 Å². The predicted molar refractivity (Wildman–Crippen MR) is 108 cm³/mol. The van der Waals surface area contributed by atoms with Crippen LogP contribution in [0.15, 0.2) is 41.6 Å². The minimum Gasteiger partial charge on any atom is -0.508 e. The molecule has 1 fully saturated rings. The zero-order chi connectivity index (χ0) is 19.5. The van der Waals surface area contributed by atoms with Crippen molar-refractivity contribution in [3.63, 3.8) is 0 Å². The van der Waals surface area contributed by atoms with Crippen LogP contribution in [0.25, 0.3) is 0 Å². The maximum atomic E-state index is 13.8. The van der Waals surface area contributed by atoms with Crippen molar-refractivity contribution in [1.82, 2.24) is 15.3 Å². The quantitative estimate of drug-likeness (QED) is 0.590. The van der Waals surface area contributed by atoms with Gasteiger partial charge in [-0.3, -0.25) is 10.4 Å². The molecule has 0 atom stereocenters. The normalized spacial score (nSPS) is 17.8. The van der Waals surface area contributed by atoms with E-state index in [0.29, 0.717) is 29.5 Å². The number of pyridine rings is 1. The number of hydrogen-bond donors (Lipinski definition) is 2. The van der Waals surface area contributed by atoms with Gasteiger partial charge < -0.3 is 19.6 Å². The molecule has 146 valence electrons. The predicted octanol–water partition coefficient (Wildman–Crippen LogP) is 2.11. The SMILES string of the molecule is Oc1cccc(N2CCN(C(=S)N/N=C3/CCOc4c(F)ccnc43)CC2)c1. The first-order chi connectivity index (χ1) is 13.6. The first-order valence-corrected chi connectivity index (χ1v) is 9.46. The van der Waals surface area contributed by atoms with Crippen molar-refractivity contribution in [2.24, 2.45) is 5.10 Å². The molecule has 2 aliphatic rings. The van der Waals surface area contributed by atoms with Crippen LogP contribution in [0, 0.1) is 5.82 Å². The van der Waals surface area contributed by atoms with Crippen molar-refractivity contribution in [3.8, 4) is 11.5 Å². The van der Waals surface area contributed by atoms with Crippen LogP contribution in [0.1, 0.15) is 12.1 Å². The number of phenols is 1. The number of halogens is 1. The van der Waals surface area contributed by atoms with E-state index >= 15 is 0 Å². The molecule has 3 heterocycles. The fourth-order valence-corrected chi connectivity index (χ4v) is 3.52. The van der Waals surface area contributed by atoms with E-state index in [1.165, 1.54) is 12.3 Å². The average molecular weight is 401 g/mol. The maximum absolute atomic E-state index is 13.8. The summed E-state index contributed by atoms with van der Waals surface area (Å²) in [6.45, 7) is 3.39. The highest BCUT2D eigenvalue weighted by Gasteiger charge is 2.23. The molecule has 1 aromatic heterocycles. The van der Waals surface area contributed by atoms with E-state index in [1.54, 1.807) is 12.1 Å². The average Bonchev–Trinajstić information content (AvgIpc) is 2.72. The van der Waals surface area contributed by atoms with Crippen molar-refractivity contribution >= 4 is 28.7 Å². The van der Waals surface area contributed by atoms with Crippen molar-refractivity contribution in [2.75, 3.05) is 37.7 Å². The van der Waals surface area contributed by atoms with Crippen LogP contribution in [0.3, 0.4) is 0 Å². The number of piperazine rings is 1. The molecule has 2 aliphatic heterocycles. The number of anilines is 1. The van der Waals surface area contributed by atoms with E-state index in [2.05, 4.69) is 20.4 Å². The summed E-state index contributed by atoms with van der Waals surface area (Å²) in [4.78, 5) is 8.42. The molecular weight excluding hydrogens is 381 g/mol. The Morgan fingerprint density at radius 2 is 2.07 bits per heavy atom. The van der Waals surface area contributed by atoms with Crippen molar-refractivity contribution in [1.29, 1.82) is 0 Å². The largest absolute Gasteiger partial charge is 0.508 e. The van der Waals surface area contributed by atoms with Gasteiger partial charge in [0.05, 0.1) is 12.3 Å². The number of benzene rings is 1. The summed E-state index contributed by atoms with van der Waals surface area (Å²) in [5.41, 5.74) is 4.95. The third-order valence-electron chi connectivity index (χ3n) is 4.76. The summed E-state index contributed by atoms with van der Waals surface area (Å²) in [5, 5.41) is 14.5. The van der Waals surface area contributed by atoms with Crippen LogP contribution < -0.4 is 15.1 Å². The third kappa shape index (κ3) is 3.84. The summed E-state index contributed by atoms with van der Waals surface area (Å²) >= 11 is 5.47. The lowest BCUT2D eigenvalue weighted by Gasteiger charge is -2.37. The molecule has 0 radical (unpaired) electrons. The summed E-state index contributed by atoms with van der Waals surface area (Å²) in [7, 11) is 0. The zero-order valence-corrected chi connectivity index (χ0v) is 16.0. The number of aromatic hydroxyl groups is 1. The molecule has 0 bridgehead atoms. The molecule has 9 heteroatoms. The van der Waals surface area contributed by atoms with Gasteiger partial charge in [-0.1, -0.05) is 6.07 Å². The summed E-state index contributed by atoms with van der Waals surface area (Å²) in [6, 6.07) is 8.50. The van der Waals surface area contributed by atoms with Gasteiger partial charge in [0.2, 0.25) is 0 Å². The highest BCUT2D eigenvalue weighted by molar-refractivity contribution is 7.80. The standard InChI is InChI=1S/C19H20FN5O2S/c20-15-4-6-21-17-16(5-11-27-18(15)17)22-23-19(28)25-9-7-24(8-10-25)13-2-1-3-14(26)12-13/h1-4,6,12,26H,5,7-11H2,(H,23,28)/b22-16-. The number of rotatable bonds is 2. The van der Waals surface area contributed by atoms with Gasteiger partial charge in [0.15, 0.2) is 16.7 Å². The van der Waals surface area contributed by atoms with E-state index in [4.69, 9.17) is 17.0 Å². The summed E-state index contributed by atoms with van der Waals surface area (Å²) in [5.74, 6) is -0.0438. The van der Waals surface area contributed by atoms with E-state index in [0.717, 1.165) is 31.9 Å². The molecular formula is C19H20FN5O2S. The molecule has 7 nitrogen and oxygen atoms in total. The molecule has 0 saturated carbocycles. The van der Waals surface area contributed by atoms with Gasteiger partial charge in [0, 0.05) is 50.6 Å². The molecule has 2 aromatic rings. The van der Waals surface area contributed by atoms with E-state index in [1.807, 2.05) is 17.0 Å². The van der Waals surface area contributed by atoms with E-state index < -0.39 is 5.82 Å². The smallest absolute Gasteiger partial charge is 0.189 e. The number of hydrazone groups is 1. The minimum absolute atomic E-state index is 0.139. The number of aromatic nitrogens is 1. The van der Waals surface area contributed by atoms with Gasteiger partial charge in [-0.25, -0.2) is 4.39 Å². The Morgan fingerprint density at radius 1 is 1.25 bits per heavy atom. The lowest BCUT2D eigenvalue weighted by Crippen LogP contribution is -2.51. The van der Waals surface area contributed by atoms with Gasteiger partial charge in [0.1, 0.15) is 11.4 Å². The maximum Gasteiger partial charge on any atom is 0.189 e. The topological polar surface area (TPSA) is 73.2 Å². The molecule has 2 N–H and O–H groups in total. The monoisotopic (exact) mass is 401 g/mol. The van der Waals surface area contributed by atoms with Crippen LogP contribution in [0.5, 0.6) is 11.5 Å². The van der Waals surface area contributed by atoms with Crippen LogP contribution in [-0.4, -0.2) is 58.6 Å². The number of ether oxygens (including phenoxy) is 1. The molecule has 0 aliphatic carbocycles. The molecule has 0 amide bonds. The molecule has 1 aromatic carbocycles. The first-order valence-electron chi connectivity index (χ1n) is 9.05. The first kappa shape index (κ1) is 18.4. The number of phenolic OH excluding ortho intramolecular Hbond substituents is 1. The lowest BCUT2D eigenvalue weighted by atomic mass is 10.1. The molecule has 0 unspecified atom stereocenters. The van der Waals surface area contributed by atoms with Gasteiger partial charge in [-0.15, -0.1) is 0 Å². The highest BCUT2D eigenvalue weighted by atomic mass is 32.1. The Bertz CT molecular complexity index is 915. The number of hydrogen-bond acceptors (Lipinski definition) is 6. The van der Waals surface area contributed by atoms with Gasteiger partial charge in [0.25, 0.3) is 0 Å². The molecule has 0 spiro atoms. The van der Waals surface area contributed by atoms with Crippen LogP contribution >= 0.6 is 12.2 Å². The molecule has 1 saturated heterocycles. The minimum atomic E-state index is -0.442. The second-order valence-electron chi connectivity index (χ2n) is 6.54. The summed E-state index contributed by atoms with van der Waals surface area (Å²) < 4.78 is 19.2. The fraction of sp³-hybridized carbons (Fsp3) is 0.316. The number of thiocarbonyl (C=S) groups is 1. The Kier molecular flexibility index (Phi) is 5.25. The second-order valence-corrected chi connectivity index (χ2v) is 6.93. The number of fused-ring (bicyclic) bond motifs is 1. The Labute approximate surface area is 167 Å². The van der Waals surface area contributed by atoms with Crippen molar-refractivity contribution < 1.29 is 14.2 Å². The second kappa shape index (κ2) is 7.97. The number of nitrogens with one attached hydrogen (secondary N) is 1. The number of nitrogens with zero attached hydrogens (tertiary/aromatic N) is 4. The molecule has 4 rings (SSSR count). The molecule has 28 heavy (non-hydrogen) atoms. The van der Waals surface area contributed by atoms with Crippen molar-refractivity contribution in [2.45, 2.75) is 6.42 Å². The Hall–Kier alpha value is -2.94. The van der Waals surface area contributed by atoms with Crippen LogP contribution in [0.2, 0.25) is 0 Å². The summed E-state index contributed by atoms with van der Waals surface area (Å²) in [6.07, 6.45) is 1.93.